The summed E-state index contributed by atoms with van der Waals surface area (Å²) in [4.78, 5) is 54.4. The maximum Gasteiger partial charge on any atom is 0.310 e. The van der Waals surface area contributed by atoms with Crippen LogP contribution in [-0.2, 0) is 33.3 Å². The molecule has 0 radical (unpaired) electrons. The Morgan fingerprint density at radius 1 is 0.600 bits per heavy atom. The molecule has 4 atom stereocenters. The normalized spacial score (nSPS) is 19.3. The van der Waals surface area contributed by atoms with Gasteiger partial charge in [-0.3, -0.25) is 19.2 Å². The van der Waals surface area contributed by atoms with Crippen LogP contribution in [-0.4, -0.2) is 102 Å². The Morgan fingerprint density at radius 3 is 1.38 bits per heavy atom. The number of piperidine rings is 2. The number of amides is 2. The van der Waals surface area contributed by atoms with Crippen molar-refractivity contribution < 1.29 is 39.6 Å². The van der Waals surface area contributed by atoms with E-state index in [1.54, 1.807) is 12.2 Å². The van der Waals surface area contributed by atoms with E-state index in [4.69, 9.17) is 46.4 Å². The van der Waals surface area contributed by atoms with Gasteiger partial charge >= 0.3 is 11.9 Å². The van der Waals surface area contributed by atoms with Crippen LogP contribution >= 0.6 is 58.2 Å². The quantitative estimate of drug-likeness (QED) is 0.0979. The molecule has 336 valence electrons. The zero-order valence-electron chi connectivity index (χ0n) is 34.9. The fraction of sp³-hybridized carbons (Fsp3) is 0.250. The smallest absolute Gasteiger partial charge is 0.310 e. The first-order valence-electron chi connectivity index (χ1n) is 20.6. The Bertz CT molecular complexity index is 2780. The predicted molar refractivity (Wildman–Crippen MR) is 256 cm³/mol. The van der Waals surface area contributed by atoms with Crippen LogP contribution in [0.15, 0.2) is 95.0 Å². The van der Waals surface area contributed by atoms with Gasteiger partial charge in [0.15, 0.2) is 0 Å². The molecule has 0 bridgehead atoms. The molecule has 0 saturated carbocycles. The lowest BCUT2D eigenvalue weighted by atomic mass is 9.94. The van der Waals surface area contributed by atoms with Gasteiger partial charge in [-0.15, -0.1) is 0 Å². The van der Waals surface area contributed by atoms with E-state index in [-0.39, 0.29) is 59.1 Å². The average Bonchev–Trinajstić information content (AvgIpc) is 3.85. The summed E-state index contributed by atoms with van der Waals surface area (Å²) in [5.41, 5.74) is 5.70. The number of nitrogens with zero attached hydrogens (tertiary/aromatic N) is 4. The number of fused-ring (bicyclic) bond motifs is 2. The lowest BCUT2D eigenvalue weighted by Gasteiger charge is -2.33. The standard InChI is InChI=1S/C48H42Cl4N4O8S/c1-53-15-11-27-19-25(3-7-35(27)53)31-21-39(45(51)43(49)29(31)5-9-41(59)55-17-13-37(57)33(23-55)47(61)62)65-40-22-32(26-4-8-36-28(20-26)12-16-54(36)2)30(44(50)46(40)52)6-10-42(60)56-18-14-38(58)34(24-56)48(63)64/h3-12,15-16,19-22,33-34,37-38,57-58H,13-14,17-18,23-24H2,1-2H3,(H,61,62)(H,63,64). The lowest BCUT2D eigenvalue weighted by Crippen LogP contribution is -2.48. The zero-order valence-corrected chi connectivity index (χ0v) is 38.8. The Labute approximate surface area is 397 Å². The van der Waals surface area contributed by atoms with Gasteiger partial charge in [-0.1, -0.05) is 70.3 Å². The molecule has 4 N–H and O–H groups in total. The van der Waals surface area contributed by atoms with Crippen LogP contribution in [0.2, 0.25) is 20.1 Å². The monoisotopic (exact) mass is 974 g/mol. The van der Waals surface area contributed by atoms with Gasteiger partial charge in [0.1, 0.15) is 11.8 Å². The second kappa shape index (κ2) is 18.9. The number of halogens is 4. The predicted octanol–water partition coefficient (Wildman–Crippen LogP) is 9.38. The Morgan fingerprint density at radius 2 is 1.00 bits per heavy atom. The highest BCUT2D eigenvalue weighted by Gasteiger charge is 2.36. The second-order valence-corrected chi connectivity index (χ2v) is 18.9. The topological polar surface area (TPSA) is 166 Å². The maximum absolute atomic E-state index is 13.5. The van der Waals surface area contributed by atoms with E-state index in [1.807, 2.05) is 96.3 Å². The van der Waals surface area contributed by atoms with Crippen LogP contribution < -0.4 is 0 Å². The van der Waals surface area contributed by atoms with Gasteiger partial charge in [0.2, 0.25) is 11.8 Å². The van der Waals surface area contributed by atoms with Crippen molar-refractivity contribution in [3.05, 3.63) is 116 Å². The number of aliphatic carboxylic acids is 2. The first-order valence-corrected chi connectivity index (χ1v) is 22.9. The van der Waals surface area contributed by atoms with Crippen LogP contribution in [0.5, 0.6) is 0 Å². The molecule has 4 unspecified atom stereocenters. The molecule has 8 rings (SSSR count). The van der Waals surface area contributed by atoms with Crippen molar-refractivity contribution in [3.8, 4) is 22.3 Å². The number of aliphatic hydroxyl groups excluding tert-OH is 2. The van der Waals surface area contributed by atoms with Gasteiger partial charge in [-0.05, 0) is 95.8 Å². The number of hydrogen-bond donors (Lipinski definition) is 4. The maximum atomic E-state index is 13.5. The molecule has 12 nitrogen and oxygen atoms in total. The summed E-state index contributed by atoms with van der Waals surface area (Å²) in [5.74, 6) is -5.48. The third-order valence-electron chi connectivity index (χ3n) is 12.2. The van der Waals surface area contributed by atoms with Crippen molar-refractivity contribution in [3.63, 3.8) is 0 Å². The molecule has 2 amide bonds. The molecule has 2 fully saturated rings. The molecule has 17 heteroatoms. The molecule has 4 aromatic carbocycles. The number of aryl methyl sites for hydroxylation is 2. The summed E-state index contributed by atoms with van der Waals surface area (Å²) in [6, 6.07) is 19.5. The van der Waals surface area contributed by atoms with E-state index in [2.05, 4.69) is 0 Å². The van der Waals surface area contributed by atoms with Gasteiger partial charge < -0.3 is 39.4 Å². The van der Waals surface area contributed by atoms with Crippen LogP contribution in [0, 0.1) is 11.8 Å². The molecule has 0 aliphatic carbocycles. The Hall–Kier alpha value is -5.25. The van der Waals surface area contributed by atoms with Crippen molar-refractivity contribution in [1.29, 1.82) is 0 Å². The summed E-state index contributed by atoms with van der Waals surface area (Å²) in [6.07, 6.45) is 7.82. The highest BCUT2D eigenvalue weighted by Crippen LogP contribution is 2.49. The minimum absolute atomic E-state index is 0.126. The minimum atomic E-state index is -1.18. The van der Waals surface area contributed by atoms with E-state index in [0.717, 1.165) is 32.9 Å². The number of carboxylic acid groups (broad SMARTS) is 2. The van der Waals surface area contributed by atoms with E-state index in [0.29, 0.717) is 32.0 Å². The third-order valence-corrected chi connectivity index (χ3v) is 15.3. The molecular formula is C48H42Cl4N4O8S. The molecule has 65 heavy (non-hydrogen) atoms. The van der Waals surface area contributed by atoms with E-state index in [1.165, 1.54) is 33.7 Å². The SMILES string of the molecule is Cn1ccc2cc(-c3cc(Sc4cc(-c5ccc6c(ccn6C)c5)c(C=CC(=O)N5CCC(O)C(C(=O)O)C5)c(Cl)c4Cl)c(Cl)c(Cl)c3C=CC(=O)N3CCC(O)C(C(=O)O)C3)ccc21. The van der Waals surface area contributed by atoms with Crippen molar-refractivity contribution in [1.82, 2.24) is 18.9 Å². The molecule has 2 aromatic heterocycles. The highest BCUT2D eigenvalue weighted by molar-refractivity contribution is 7.99. The first kappa shape index (κ1) is 46.3. The summed E-state index contributed by atoms with van der Waals surface area (Å²) in [6.45, 7) is 0.0737. The second-order valence-electron chi connectivity index (χ2n) is 16.3. The molecule has 2 saturated heterocycles. The number of carbonyl (C=O) groups excluding carboxylic acids is 2. The fourth-order valence-corrected chi connectivity index (χ4v) is 10.7. The van der Waals surface area contributed by atoms with Crippen molar-refractivity contribution in [2.75, 3.05) is 26.2 Å². The molecule has 4 heterocycles. The van der Waals surface area contributed by atoms with E-state index < -0.39 is 47.8 Å². The van der Waals surface area contributed by atoms with Gasteiger partial charge in [0.25, 0.3) is 0 Å². The largest absolute Gasteiger partial charge is 0.481 e. The summed E-state index contributed by atoms with van der Waals surface area (Å²) in [7, 11) is 3.89. The number of benzene rings is 4. The first-order chi connectivity index (χ1) is 31.0. The molecule has 0 spiro atoms. The average molecular weight is 977 g/mol. The Balaban J connectivity index is 1.20. The van der Waals surface area contributed by atoms with Gasteiger partial charge in [0, 0.05) is 108 Å². The fourth-order valence-electron chi connectivity index (χ4n) is 8.49. The number of rotatable bonds is 10. The molecule has 2 aliphatic rings. The van der Waals surface area contributed by atoms with Crippen LogP contribution in [0.3, 0.4) is 0 Å². The third kappa shape index (κ3) is 9.29. The van der Waals surface area contributed by atoms with Crippen molar-refractivity contribution in [2.45, 2.75) is 34.8 Å². The van der Waals surface area contributed by atoms with Gasteiger partial charge in [-0.25, -0.2) is 0 Å². The summed E-state index contributed by atoms with van der Waals surface area (Å²) < 4.78 is 3.99. The highest BCUT2D eigenvalue weighted by atomic mass is 35.5. The number of carboxylic acids is 2. The number of hydrogen-bond acceptors (Lipinski definition) is 7. The summed E-state index contributed by atoms with van der Waals surface area (Å²) in [5, 5.41) is 42.3. The van der Waals surface area contributed by atoms with Gasteiger partial charge in [0.05, 0.1) is 32.3 Å². The van der Waals surface area contributed by atoms with Gasteiger partial charge in [-0.2, -0.15) is 0 Å². The molecule has 2 aliphatic heterocycles. The molecule has 6 aromatic rings. The zero-order chi connectivity index (χ0) is 46.4. The van der Waals surface area contributed by atoms with E-state index in [9.17, 15) is 39.6 Å². The summed E-state index contributed by atoms with van der Waals surface area (Å²) >= 11 is 29.8. The number of aromatic nitrogens is 2. The van der Waals surface area contributed by atoms with E-state index >= 15 is 0 Å². The van der Waals surface area contributed by atoms with Crippen molar-refractivity contribution >= 4 is 116 Å². The van der Waals surface area contributed by atoms with Crippen LogP contribution in [0.1, 0.15) is 24.0 Å². The Kier molecular flexibility index (Phi) is 13.5. The number of likely N-dealkylation sites (tertiary alicyclic amines) is 2. The molecular weight excluding hydrogens is 934 g/mol. The van der Waals surface area contributed by atoms with Crippen LogP contribution in [0.4, 0.5) is 0 Å². The van der Waals surface area contributed by atoms with Crippen LogP contribution in [0.25, 0.3) is 56.2 Å². The lowest BCUT2D eigenvalue weighted by molar-refractivity contribution is -0.152. The van der Waals surface area contributed by atoms with Crippen molar-refractivity contribution in [2.24, 2.45) is 25.9 Å². The number of carbonyl (C=O) groups is 4. The number of aliphatic hydroxyl groups is 2. The minimum Gasteiger partial charge on any atom is -0.481 e.